The molecule has 0 saturated heterocycles. The Morgan fingerprint density at radius 1 is 0.867 bits per heavy atom. The molecule has 0 spiro atoms. The Morgan fingerprint density at radius 3 is 2.07 bits per heavy atom. The van der Waals surface area contributed by atoms with Gasteiger partial charge in [-0.25, -0.2) is 9.97 Å². The first kappa shape index (κ1) is 8.29. The van der Waals surface area contributed by atoms with Crippen molar-refractivity contribution in [1.29, 1.82) is 0 Å². The van der Waals surface area contributed by atoms with Crippen molar-refractivity contribution in [2.45, 2.75) is 0 Å². The highest BCUT2D eigenvalue weighted by Gasteiger charge is 2.36. The second-order valence-electron chi connectivity index (χ2n) is 3.12. The Labute approximate surface area is 87.0 Å². The summed E-state index contributed by atoms with van der Waals surface area (Å²) in [7, 11) is -0.524. The van der Waals surface area contributed by atoms with Crippen LogP contribution in [-0.4, -0.2) is 17.1 Å². The molecule has 1 aliphatic heterocycles. The van der Waals surface area contributed by atoms with E-state index in [1.54, 1.807) is 18.5 Å². The van der Waals surface area contributed by atoms with E-state index < -0.39 is 7.12 Å². The predicted octanol–water partition coefficient (Wildman–Crippen LogP) is 0.643. The number of rotatable bonds is 1. The summed E-state index contributed by atoms with van der Waals surface area (Å²) < 4.78 is 11.1. The summed E-state index contributed by atoms with van der Waals surface area (Å²) in [5.74, 6) is 1.46. The highest BCUT2D eigenvalue weighted by atomic mass is 16.6. The molecule has 0 bridgehead atoms. The fourth-order valence-corrected chi connectivity index (χ4v) is 1.44. The molecule has 2 aromatic rings. The van der Waals surface area contributed by atoms with Crippen LogP contribution in [0.15, 0.2) is 42.7 Å². The average Bonchev–Trinajstić information content (AvgIpc) is 2.74. The highest BCUT2D eigenvalue weighted by Crippen LogP contribution is 2.31. The molecule has 5 heteroatoms. The maximum atomic E-state index is 5.55. The van der Waals surface area contributed by atoms with Crippen molar-refractivity contribution in [2.75, 3.05) is 0 Å². The summed E-state index contributed by atoms with van der Waals surface area (Å²) in [6, 6.07) is 9.27. The van der Waals surface area contributed by atoms with E-state index in [0.717, 1.165) is 11.5 Å². The van der Waals surface area contributed by atoms with Crippen LogP contribution >= 0.6 is 0 Å². The summed E-state index contributed by atoms with van der Waals surface area (Å²) >= 11 is 0. The van der Waals surface area contributed by atoms with Crippen molar-refractivity contribution < 1.29 is 9.31 Å². The summed E-state index contributed by atoms with van der Waals surface area (Å²) in [6.07, 6.45) is 3.33. The van der Waals surface area contributed by atoms with Crippen LogP contribution in [0.3, 0.4) is 0 Å². The SMILES string of the molecule is c1cnc(B2Oc3ccccc3O2)nc1. The van der Waals surface area contributed by atoms with Crippen LogP contribution in [0.4, 0.5) is 0 Å². The second-order valence-corrected chi connectivity index (χ2v) is 3.12. The smallest absolute Gasteiger partial charge is 0.517 e. The van der Waals surface area contributed by atoms with Gasteiger partial charge in [-0.15, -0.1) is 0 Å². The Balaban J connectivity index is 1.91. The third-order valence-corrected chi connectivity index (χ3v) is 2.11. The van der Waals surface area contributed by atoms with Crippen LogP contribution < -0.4 is 15.0 Å². The quantitative estimate of drug-likeness (QED) is 0.630. The van der Waals surface area contributed by atoms with Gasteiger partial charge in [0.1, 0.15) is 11.5 Å². The maximum Gasteiger partial charge on any atom is 0.672 e. The molecule has 0 radical (unpaired) electrons. The van der Waals surface area contributed by atoms with Gasteiger partial charge in [-0.3, -0.25) is 0 Å². The number of para-hydroxylation sites is 2. The Kier molecular flexibility index (Phi) is 1.81. The minimum atomic E-state index is -0.524. The first-order valence-corrected chi connectivity index (χ1v) is 4.63. The molecule has 15 heavy (non-hydrogen) atoms. The van der Waals surface area contributed by atoms with Gasteiger partial charge in [-0.2, -0.15) is 0 Å². The van der Waals surface area contributed by atoms with Crippen molar-refractivity contribution in [3.05, 3.63) is 42.7 Å². The zero-order valence-corrected chi connectivity index (χ0v) is 7.83. The molecular formula is C10H7BN2O2. The van der Waals surface area contributed by atoms with Crippen LogP contribution in [0.5, 0.6) is 11.5 Å². The standard InChI is InChI=1S/C10H7BN2O2/c1-2-5-9-8(4-1)14-11(15-9)10-12-6-3-7-13-10/h1-7H. The van der Waals surface area contributed by atoms with Crippen LogP contribution in [0.2, 0.25) is 0 Å². The molecule has 0 aliphatic carbocycles. The van der Waals surface area contributed by atoms with E-state index in [4.69, 9.17) is 9.31 Å². The first-order valence-electron chi connectivity index (χ1n) is 4.63. The third-order valence-electron chi connectivity index (χ3n) is 2.11. The molecule has 4 nitrogen and oxygen atoms in total. The van der Waals surface area contributed by atoms with Crippen LogP contribution in [0.1, 0.15) is 0 Å². The molecule has 3 rings (SSSR count). The fraction of sp³-hybridized carbons (Fsp3) is 0. The summed E-state index contributed by atoms with van der Waals surface area (Å²) in [6.45, 7) is 0. The molecule has 1 aromatic heterocycles. The molecule has 1 aromatic carbocycles. The summed E-state index contributed by atoms with van der Waals surface area (Å²) in [4.78, 5) is 8.17. The van der Waals surface area contributed by atoms with E-state index in [-0.39, 0.29) is 0 Å². The van der Waals surface area contributed by atoms with Gasteiger partial charge in [0.2, 0.25) is 0 Å². The molecule has 2 heterocycles. The van der Waals surface area contributed by atoms with Gasteiger partial charge in [0.05, 0.1) is 0 Å². The number of nitrogens with zero attached hydrogens (tertiary/aromatic N) is 2. The van der Waals surface area contributed by atoms with Crippen molar-refractivity contribution in [3.63, 3.8) is 0 Å². The van der Waals surface area contributed by atoms with Crippen molar-refractivity contribution in [1.82, 2.24) is 9.97 Å². The monoisotopic (exact) mass is 198 g/mol. The fourth-order valence-electron chi connectivity index (χ4n) is 1.44. The topological polar surface area (TPSA) is 44.2 Å². The Hall–Kier alpha value is -2.04. The Morgan fingerprint density at radius 2 is 1.47 bits per heavy atom. The largest absolute Gasteiger partial charge is 0.672 e. The lowest BCUT2D eigenvalue weighted by Crippen LogP contribution is -2.42. The zero-order valence-electron chi connectivity index (χ0n) is 7.83. The van der Waals surface area contributed by atoms with Gasteiger partial charge in [0.25, 0.3) is 0 Å². The van der Waals surface area contributed by atoms with E-state index >= 15 is 0 Å². The van der Waals surface area contributed by atoms with Crippen LogP contribution in [-0.2, 0) is 0 Å². The number of hydrogen-bond donors (Lipinski definition) is 0. The maximum absolute atomic E-state index is 5.55. The van der Waals surface area contributed by atoms with Crippen molar-refractivity contribution in [2.24, 2.45) is 0 Å². The normalized spacial score (nSPS) is 12.9. The Bertz CT molecular complexity index is 453. The number of fused-ring (bicyclic) bond motifs is 1. The van der Waals surface area contributed by atoms with E-state index in [0.29, 0.717) is 5.72 Å². The summed E-state index contributed by atoms with van der Waals surface area (Å²) in [5, 5.41) is 0. The lowest BCUT2D eigenvalue weighted by molar-refractivity contribution is 0.515. The van der Waals surface area contributed by atoms with Gasteiger partial charge in [-0.05, 0) is 18.2 Å². The van der Waals surface area contributed by atoms with Crippen molar-refractivity contribution in [3.8, 4) is 11.5 Å². The molecule has 72 valence electrons. The lowest BCUT2D eigenvalue weighted by atomic mass is 9.89. The van der Waals surface area contributed by atoms with Gasteiger partial charge in [-0.1, -0.05) is 12.1 Å². The second kappa shape index (κ2) is 3.27. The van der Waals surface area contributed by atoms with E-state index in [9.17, 15) is 0 Å². The highest BCUT2D eigenvalue weighted by molar-refractivity contribution is 6.61. The number of aromatic nitrogens is 2. The minimum Gasteiger partial charge on any atom is -0.517 e. The third kappa shape index (κ3) is 1.42. The van der Waals surface area contributed by atoms with Gasteiger partial charge in [0, 0.05) is 12.4 Å². The molecule has 0 N–H and O–H groups in total. The average molecular weight is 198 g/mol. The van der Waals surface area contributed by atoms with E-state index in [2.05, 4.69) is 9.97 Å². The number of hydrogen-bond acceptors (Lipinski definition) is 4. The van der Waals surface area contributed by atoms with Crippen molar-refractivity contribution >= 4 is 12.8 Å². The summed E-state index contributed by atoms with van der Waals surface area (Å²) in [5.41, 5.74) is 0.536. The molecule has 0 amide bonds. The van der Waals surface area contributed by atoms with Crippen LogP contribution in [0.25, 0.3) is 0 Å². The lowest BCUT2D eigenvalue weighted by Gasteiger charge is -2.01. The van der Waals surface area contributed by atoms with E-state index in [1.165, 1.54) is 0 Å². The molecule has 1 aliphatic rings. The first-order chi connectivity index (χ1) is 7.43. The molecule has 0 atom stereocenters. The molecular weight excluding hydrogens is 191 g/mol. The number of benzene rings is 1. The zero-order chi connectivity index (χ0) is 10.1. The molecule has 0 unspecified atom stereocenters. The van der Waals surface area contributed by atoms with E-state index in [1.807, 2.05) is 24.3 Å². The van der Waals surface area contributed by atoms with Gasteiger partial charge >= 0.3 is 7.12 Å². The predicted molar refractivity (Wildman–Crippen MR) is 55.1 cm³/mol. The molecule has 0 fully saturated rings. The molecule has 0 saturated carbocycles. The van der Waals surface area contributed by atoms with Gasteiger partial charge in [0.15, 0.2) is 5.72 Å². The van der Waals surface area contributed by atoms with Gasteiger partial charge < -0.3 is 9.31 Å². The minimum absolute atomic E-state index is 0.524. The van der Waals surface area contributed by atoms with Crippen LogP contribution in [0, 0.1) is 0 Å².